The number of amides is 1. The molecule has 1 amide bonds. The number of nitrogens with two attached hydrogens (primary N) is 1. The lowest BCUT2D eigenvalue weighted by molar-refractivity contribution is -0.140. The van der Waals surface area contributed by atoms with Crippen molar-refractivity contribution in [2.45, 2.75) is 32.7 Å². The van der Waals surface area contributed by atoms with Gasteiger partial charge in [0, 0.05) is 23.5 Å². The predicted octanol–water partition coefficient (Wildman–Crippen LogP) is 3.93. The van der Waals surface area contributed by atoms with Gasteiger partial charge in [0.05, 0.1) is 33.3 Å². The van der Waals surface area contributed by atoms with E-state index in [1.165, 1.54) is 7.11 Å². The molecule has 0 unspecified atom stereocenters. The van der Waals surface area contributed by atoms with Crippen LogP contribution in [0.4, 0.5) is 0 Å². The quantitative estimate of drug-likeness (QED) is 0.473. The molecule has 2 aromatic carbocycles. The van der Waals surface area contributed by atoms with Crippen LogP contribution in [-0.2, 0) is 28.9 Å². The number of esters is 1. The Morgan fingerprint density at radius 1 is 0.939 bits per heavy atom. The van der Waals surface area contributed by atoms with Crippen molar-refractivity contribution in [1.29, 1.82) is 0 Å². The average molecular weight is 451 g/mol. The highest BCUT2D eigenvalue weighted by Crippen LogP contribution is 2.34. The Morgan fingerprint density at radius 3 is 2.24 bits per heavy atom. The van der Waals surface area contributed by atoms with Crippen LogP contribution in [0.1, 0.15) is 33.7 Å². The van der Waals surface area contributed by atoms with E-state index in [4.69, 9.17) is 19.9 Å². The molecule has 0 saturated carbocycles. The number of nitrogens with zero attached hydrogens (tertiary/aromatic N) is 1. The van der Waals surface area contributed by atoms with E-state index < -0.39 is 5.91 Å². The van der Waals surface area contributed by atoms with Gasteiger partial charge in [0.25, 0.3) is 5.91 Å². The van der Waals surface area contributed by atoms with Gasteiger partial charge in [-0.2, -0.15) is 0 Å². The number of methoxy groups -OCH3 is 3. The molecule has 0 radical (unpaired) electrons. The van der Waals surface area contributed by atoms with Crippen molar-refractivity contribution in [3.63, 3.8) is 0 Å². The number of hydrogen-bond acceptors (Lipinski definition) is 5. The molecule has 0 aliphatic rings. The maximum atomic E-state index is 12.5. The van der Waals surface area contributed by atoms with Gasteiger partial charge in [-0.1, -0.05) is 36.4 Å². The van der Waals surface area contributed by atoms with Gasteiger partial charge in [-0.15, -0.1) is 0 Å². The Labute approximate surface area is 194 Å². The molecule has 33 heavy (non-hydrogen) atoms. The van der Waals surface area contributed by atoms with Gasteiger partial charge in [-0.05, 0) is 43.0 Å². The summed E-state index contributed by atoms with van der Waals surface area (Å²) in [7, 11) is 4.58. The van der Waals surface area contributed by atoms with Crippen LogP contribution in [0, 0.1) is 6.92 Å². The second-order valence-electron chi connectivity index (χ2n) is 7.68. The number of carbonyl (C=O) groups excluding carboxylic acids is 2. The lowest BCUT2D eigenvalue weighted by Gasteiger charge is -2.14. The molecule has 0 aliphatic heterocycles. The first-order chi connectivity index (χ1) is 15.9. The van der Waals surface area contributed by atoms with Crippen LogP contribution in [0.3, 0.4) is 0 Å². The molecule has 174 valence electrons. The largest absolute Gasteiger partial charge is 0.493 e. The number of primary amides is 1. The third-order valence-corrected chi connectivity index (χ3v) is 5.81. The zero-order valence-corrected chi connectivity index (χ0v) is 19.5. The molecule has 3 rings (SSSR count). The summed E-state index contributed by atoms with van der Waals surface area (Å²) in [6.07, 6.45) is 1.32. The Hall–Kier alpha value is -3.74. The van der Waals surface area contributed by atoms with Gasteiger partial charge in [-0.25, -0.2) is 0 Å². The number of benzene rings is 2. The molecule has 0 saturated heterocycles. The first-order valence-corrected chi connectivity index (χ1v) is 10.8. The van der Waals surface area contributed by atoms with Crippen molar-refractivity contribution >= 4 is 11.9 Å². The summed E-state index contributed by atoms with van der Waals surface area (Å²) in [6, 6.07) is 15.5. The Balaban J connectivity index is 2.06. The number of rotatable bonds is 10. The molecule has 7 heteroatoms. The zero-order chi connectivity index (χ0) is 24.0. The third kappa shape index (κ3) is 5.19. The predicted molar refractivity (Wildman–Crippen MR) is 127 cm³/mol. The molecule has 2 N–H and O–H groups in total. The number of hydrogen-bond donors (Lipinski definition) is 1. The highest BCUT2D eigenvalue weighted by molar-refractivity contribution is 6.02. The van der Waals surface area contributed by atoms with E-state index in [1.807, 2.05) is 55.5 Å². The van der Waals surface area contributed by atoms with Gasteiger partial charge in [-0.3, -0.25) is 9.59 Å². The maximum Gasteiger partial charge on any atom is 0.305 e. The van der Waals surface area contributed by atoms with Gasteiger partial charge in [0.2, 0.25) is 0 Å². The van der Waals surface area contributed by atoms with Crippen LogP contribution in [0.25, 0.3) is 11.1 Å². The lowest BCUT2D eigenvalue weighted by Crippen LogP contribution is -2.14. The number of ether oxygens (including phenoxy) is 3. The van der Waals surface area contributed by atoms with E-state index >= 15 is 0 Å². The fourth-order valence-electron chi connectivity index (χ4n) is 4.18. The fraction of sp³-hybridized carbons (Fsp3) is 0.308. The summed E-state index contributed by atoms with van der Waals surface area (Å²) in [5.41, 5.74) is 10.7. The maximum absolute atomic E-state index is 12.5. The molecule has 0 fully saturated rings. The van der Waals surface area contributed by atoms with Crippen LogP contribution < -0.4 is 15.2 Å². The van der Waals surface area contributed by atoms with Crippen LogP contribution in [0.5, 0.6) is 11.5 Å². The summed E-state index contributed by atoms with van der Waals surface area (Å²) in [4.78, 5) is 24.4. The third-order valence-electron chi connectivity index (χ3n) is 5.81. The van der Waals surface area contributed by atoms with Crippen molar-refractivity contribution in [3.05, 3.63) is 71.0 Å². The van der Waals surface area contributed by atoms with Crippen LogP contribution in [-0.4, -0.2) is 37.8 Å². The summed E-state index contributed by atoms with van der Waals surface area (Å²) in [6.45, 7) is 2.49. The Bertz CT molecular complexity index is 1140. The molecule has 1 aromatic heterocycles. The van der Waals surface area contributed by atoms with E-state index in [0.717, 1.165) is 28.1 Å². The molecule has 0 bridgehead atoms. The first-order valence-electron chi connectivity index (χ1n) is 10.8. The minimum absolute atomic E-state index is 0.203. The SMILES string of the molecule is COC(=O)CCc1c(-c2ccccc2)c(C(N)=O)c(C)n1CCc1ccc(OC)c(OC)c1. The molecule has 0 aliphatic carbocycles. The molecule has 0 atom stereocenters. The van der Waals surface area contributed by atoms with E-state index in [9.17, 15) is 9.59 Å². The highest BCUT2D eigenvalue weighted by Gasteiger charge is 2.25. The summed E-state index contributed by atoms with van der Waals surface area (Å²) in [5.74, 6) is 0.531. The molecule has 1 heterocycles. The highest BCUT2D eigenvalue weighted by atomic mass is 16.5. The summed E-state index contributed by atoms with van der Waals surface area (Å²) >= 11 is 0. The Kier molecular flexibility index (Phi) is 7.77. The van der Waals surface area contributed by atoms with Gasteiger partial charge >= 0.3 is 5.97 Å². The van der Waals surface area contributed by atoms with Crippen molar-refractivity contribution in [2.75, 3.05) is 21.3 Å². The number of aryl methyl sites for hydroxylation is 1. The van der Waals surface area contributed by atoms with E-state index in [0.29, 0.717) is 36.4 Å². The molecular formula is C26H30N2O5. The van der Waals surface area contributed by atoms with E-state index in [2.05, 4.69) is 4.57 Å². The zero-order valence-electron chi connectivity index (χ0n) is 19.5. The smallest absolute Gasteiger partial charge is 0.305 e. The molecule has 7 nitrogen and oxygen atoms in total. The van der Waals surface area contributed by atoms with Gasteiger partial charge in [0.1, 0.15) is 0 Å². The standard InChI is InChI=1S/C26H30N2O5/c1-17-24(26(27)30)25(19-8-6-5-7-9-19)20(11-13-23(29)33-4)28(17)15-14-18-10-12-21(31-2)22(16-18)32-3/h5-10,12,16H,11,13-15H2,1-4H3,(H2,27,30). The minimum atomic E-state index is -0.490. The van der Waals surface area contributed by atoms with E-state index in [1.54, 1.807) is 14.2 Å². The average Bonchev–Trinajstić information content (AvgIpc) is 3.12. The van der Waals surface area contributed by atoms with Gasteiger partial charge < -0.3 is 24.5 Å². The molecule has 3 aromatic rings. The summed E-state index contributed by atoms with van der Waals surface area (Å²) in [5, 5.41) is 0. The minimum Gasteiger partial charge on any atom is -0.493 e. The topological polar surface area (TPSA) is 92.8 Å². The molecule has 0 spiro atoms. The first kappa shape index (κ1) is 23.9. The Morgan fingerprint density at radius 2 is 1.64 bits per heavy atom. The van der Waals surface area contributed by atoms with Crippen LogP contribution >= 0.6 is 0 Å². The normalized spacial score (nSPS) is 10.7. The second-order valence-corrected chi connectivity index (χ2v) is 7.68. The van der Waals surface area contributed by atoms with E-state index in [-0.39, 0.29) is 12.4 Å². The number of aromatic nitrogens is 1. The fourth-order valence-corrected chi connectivity index (χ4v) is 4.18. The van der Waals surface area contributed by atoms with Crippen LogP contribution in [0.15, 0.2) is 48.5 Å². The summed E-state index contributed by atoms with van der Waals surface area (Å²) < 4.78 is 17.7. The lowest BCUT2D eigenvalue weighted by atomic mass is 9.98. The van der Waals surface area contributed by atoms with Gasteiger partial charge in [0.15, 0.2) is 11.5 Å². The van der Waals surface area contributed by atoms with Crippen molar-refractivity contribution in [2.24, 2.45) is 5.73 Å². The second kappa shape index (κ2) is 10.7. The molecular weight excluding hydrogens is 420 g/mol. The van der Waals surface area contributed by atoms with Crippen molar-refractivity contribution < 1.29 is 23.8 Å². The monoisotopic (exact) mass is 450 g/mol. The number of carbonyl (C=O) groups is 2. The van der Waals surface area contributed by atoms with Crippen molar-refractivity contribution in [3.8, 4) is 22.6 Å². The van der Waals surface area contributed by atoms with Crippen molar-refractivity contribution in [1.82, 2.24) is 4.57 Å². The van der Waals surface area contributed by atoms with Crippen LogP contribution in [0.2, 0.25) is 0 Å².